The molecule has 2 aliphatic carbocycles. The van der Waals surface area contributed by atoms with E-state index in [2.05, 4.69) is 10.3 Å². The zero-order chi connectivity index (χ0) is 19.9. The summed E-state index contributed by atoms with van der Waals surface area (Å²) < 4.78 is 38.1. The van der Waals surface area contributed by atoms with Crippen molar-refractivity contribution in [1.29, 1.82) is 0 Å². The molecule has 2 unspecified atom stereocenters. The molecule has 1 aromatic carbocycles. The molecule has 4 rings (SSSR count). The van der Waals surface area contributed by atoms with Crippen LogP contribution in [0.5, 0.6) is 0 Å². The Kier molecular flexibility index (Phi) is 5.03. The van der Waals surface area contributed by atoms with Crippen molar-refractivity contribution in [3.05, 3.63) is 41.2 Å². The Balaban J connectivity index is 1.70. The molecule has 28 heavy (non-hydrogen) atoms. The van der Waals surface area contributed by atoms with Gasteiger partial charge in [-0.05, 0) is 36.0 Å². The van der Waals surface area contributed by atoms with Crippen molar-refractivity contribution in [1.82, 2.24) is 4.98 Å². The van der Waals surface area contributed by atoms with Crippen LogP contribution in [0.15, 0.2) is 34.7 Å². The van der Waals surface area contributed by atoms with Gasteiger partial charge in [-0.2, -0.15) is 0 Å². The Morgan fingerprint density at radius 2 is 2.04 bits per heavy atom. The maximum atomic E-state index is 14.6. The normalized spacial score (nSPS) is 25.4. The number of aromatic nitrogens is 1. The van der Waals surface area contributed by atoms with Crippen molar-refractivity contribution >= 4 is 32.2 Å². The molecule has 0 radical (unpaired) electrons. The Morgan fingerprint density at radius 3 is 2.64 bits per heavy atom. The van der Waals surface area contributed by atoms with E-state index >= 15 is 0 Å². The number of rotatable bonds is 5. The summed E-state index contributed by atoms with van der Waals surface area (Å²) in [6.45, 7) is 0. The van der Waals surface area contributed by atoms with Gasteiger partial charge in [-0.15, -0.1) is 11.3 Å². The van der Waals surface area contributed by atoms with Crippen LogP contribution in [0.2, 0.25) is 0 Å². The van der Waals surface area contributed by atoms with Gasteiger partial charge in [0.05, 0.1) is 5.41 Å². The van der Waals surface area contributed by atoms with E-state index in [0.717, 1.165) is 31.9 Å². The first-order valence-corrected chi connectivity index (χ1v) is 12.3. The Labute approximate surface area is 168 Å². The minimum Gasteiger partial charge on any atom is -0.301 e. The minimum atomic E-state index is -3.65. The summed E-state index contributed by atoms with van der Waals surface area (Å²) in [4.78, 5) is 17.1. The third kappa shape index (κ3) is 3.48. The van der Waals surface area contributed by atoms with E-state index in [-0.39, 0.29) is 16.7 Å². The molecule has 2 aromatic rings. The molecule has 1 heterocycles. The smallest absolute Gasteiger partial charge is 0.237 e. The number of carbonyl (C=O) groups excluding carboxylic acids is 1. The second-order valence-corrected chi connectivity index (χ2v) is 10.8. The molecule has 1 amide bonds. The van der Waals surface area contributed by atoms with Crippen LogP contribution in [-0.4, -0.2) is 25.6 Å². The Morgan fingerprint density at radius 1 is 1.29 bits per heavy atom. The summed E-state index contributed by atoms with van der Waals surface area (Å²) in [5, 5.41) is 5.19. The van der Waals surface area contributed by atoms with Crippen molar-refractivity contribution in [3.63, 3.8) is 0 Å². The van der Waals surface area contributed by atoms with Gasteiger partial charge in [0.15, 0.2) is 15.0 Å². The highest BCUT2D eigenvalue weighted by atomic mass is 32.2. The fraction of sp³-hybridized carbons (Fsp3) is 0.500. The number of sulfone groups is 1. The molecule has 0 saturated heterocycles. The number of hydrogen-bond acceptors (Lipinski definition) is 5. The summed E-state index contributed by atoms with van der Waals surface area (Å²) in [7, 11) is -3.65. The lowest BCUT2D eigenvalue weighted by Gasteiger charge is -2.25. The maximum absolute atomic E-state index is 14.6. The molecule has 2 aliphatic rings. The van der Waals surface area contributed by atoms with Gasteiger partial charge in [-0.3, -0.25) is 4.79 Å². The average Bonchev–Trinajstić information content (AvgIpc) is 3.23. The highest BCUT2D eigenvalue weighted by Gasteiger charge is 2.63. The molecule has 150 valence electrons. The van der Waals surface area contributed by atoms with E-state index in [0.29, 0.717) is 23.0 Å². The van der Waals surface area contributed by atoms with Crippen LogP contribution in [0, 0.1) is 17.7 Å². The van der Waals surface area contributed by atoms with E-state index in [1.807, 2.05) is 0 Å². The van der Waals surface area contributed by atoms with Gasteiger partial charge in [0, 0.05) is 17.8 Å². The van der Waals surface area contributed by atoms with E-state index in [4.69, 9.17) is 0 Å². The molecule has 5 nitrogen and oxygen atoms in total. The molecule has 2 fully saturated rings. The van der Waals surface area contributed by atoms with Crippen molar-refractivity contribution in [2.45, 2.75) is 48.8 Å². The van der Waals surface area contributed by atoms with Gasteiger partial charge in [-0.25, -0.2) is 17.8 Å². The molecule has 8 heteroatoms. The summed E-state index contributed by atoms with van der Waals surface area (Å²) in [6, 6.07) is 4.12. The van der Waals surface area contributed by atoms with Crippen molar-refractivity contribution in [2.24, 2.45) is 11.8 Å². The lowest BCUT2D eigenvalue weighted by molar-refractivity contribution is -0.119. The Hall–Kier alpha value is -1.80. The molecule has 0 spiro atoms. The fourth-order valence-corrected chi connectivity index (χ4v) is 5.94. The van der Waals surface area contributed by atoms with Gasteiger partial charge in [0.1, 0.15) is 10.7 Å². The van der Waals surface area contributed by atoms with Gasteiger partial charge in [0.25, 0.3) is 0 Å². The van der Waals surface area contributed by atoms with Crippen molar-refractivity contribution in [3.8, 4) is 0 Å². The highest BCUT2D eigenvalue weighted by Crippen LogP contribution is 2.61. The van der Waals surface area contributed by atoms with Crippen LogP contribution < -0.4 is 5.32 Å². The standard InChI is InChI=1S/C20H23FN2O3S2/c1-28(25,26)17-8-7-14(11-16(17)21)20(18(24)23-19-22-9-10-27-19)12-15(20)13-5-3-2-4-6-13/h7-11,13,15H,2-6,12H2,1H3,(H,22,23,24). The third-order valence-corrected chi connectivity index (χ3v) is 7.96. The minimum absolute atomic E-state index is 0.149. The maximum Gasteiger partial charge on any atom is 0.237 e. The van der Waals surface area contributed by atoms with Gasteiger partial charge < -0.3 is 5.32 Å². The fourth-order valence-electron chi connectivity index (χ4n) is 4.69. The van der Waals surface area contributed by atoms with E-state index in [1.54, 1.807) is 17.6 Å². The number of anilines is 1. The average molecular weight is 423 g/mol. The number of nitrogens with zero attached hydrogens (tertiary/aromatic N) is 1. The van der Waals surface area contributed by atoms with E-state index in [1.165, 1.54) is 29.9 Å². The van der Waals surface area contributed by atoms with Crippen molar-refractivity contribution in [2.75, 3.05) is 11.6 Å². The monoisotopic (exact) mass is 422 g/mol. The van der Waals surface area contributed by atoms with Crippen LogP contribution in [0.25, 0.3) is 0 Å². The number of hydrogen-bond donors (Lipinski definition) is 1. The van der Waals surface area contributed by atoms with Crippen molar-refractivity contribution < 1.29 is 17.6 Å². The summed E-state index contributed by atoms with van der Waals surface area (Å²) in [5.74, 6) is -0.384. The lowest BCUT2D eigenvalue weighted by Crippen LogP contribution is -2.32. The number of nitrogens with one attached hydrogen (secondary N) is 1. The zero-order valence-electron chi connectivity index (χ0n) is 15.7. The first-order valence-electron chi connectivity index (χ1n) is 9.53. The highest BCUT2D eigenvalue weighted by molar-refractivity contribution is 7.90. The summed E-state index contributed by atoms with van der Waals surface area (Å²) in [6.07, 6.45) is 8.98. The summed E-state index contributed by atoms with van der Waals surface area (Å²) >= 11 is 1.34. The lowest BCUT2D eigenvalue weighted by atomic mass is 9.80. The zero-order valence-corrected chi connectivity index (χ0v) is 17.3. The predicted octanol–water partition coefficient (Wildman–Crippen LogP) is 4.16. The van der Waals surface area contributed by atoms with E-state index in [9.17, 15) is 17.6 Å². The van der Waals surface area contributed by atoms with E-state index < -0.39 is 21.1 Å². The largest absolute Gasteiger partial charge is 0.301 e. The predicted molar refractivity (Wildman–Crippen MR) is 107 cm³/mol. The molecule has 1 N–H and O–H groups in total. The number of carbonyl (C=O) groups is 1. The first-order chi connectivity index (χ1) is 13.3. The molecule has 1 aromatic heterocycles. The second-order valence-electron chi connectivity index (χ2n) is 7.89. The molecule has 0 bridgehead atoms. The Bertz CT molecular complexity index is 985. The quantitative estimate of drug-likeness (QED) is 0.785. The number of halogens is 1. The molecule has 2 atom stereocenters. The SMILES string of the molecule is CS(=O)(=O)c1ccc(C2(C(=O)Nc3nccs3)CC2C2CCCCC2)cc1F. The van der Waals surface area contributed by atoms with Crippen LogP contribution in [0.4, 0.5) is 9.52 Å². The van der Waals surface area contributed by atoms with Crippen LogP contribution >= 0.6 is 11.3 Å². The van der Waals surface area contributed by atoms with Crippen LogP contribution in [0.3, 0.4) is 0 Å². The third-order valence-electron chi connectivity index (χ3n) is 6.14. The number of benzene rings is 1. The molecule has 2 saturated carbocycles. The summed E-state index contributed by atoms with van der Waals surface area (Å²) in [5.41, 5.74) is -0.257. The van der Waals surface area contributed by atoms with Gasteiger partial charge in [-0.1, -0.05) is 38.2 Å². The van der Waals surface area contributed by atoms with Crippen LogP contribution in [0.1, 0.15) is 44.1 Å². The molecular formula is C20H23FN2O3S2. The van der Waals surface area contributed by atoms with Gasteiger partial charge in [0.2, 0.25) is 5.91 Å². The first kappa shape index (κ1) is 19.5. The molecular weight excluding hydrogens is 399 g/mol. The topological polar surface area (TPSA) is 76.1 Å². The second kappa shape index (κ2) is 7.22. The number of amides is 1. The number of thiazole rings is 1. The van der Waals surface area contributed by atoms with Crippen LogP contribution in [-0.2, 0) is 20.0 Å². The van der Waals surface area contributed by atoms with Gasteiger partial charge >= 0.3 is 0 Å². The molecule has 0 aliphatic heterocycles.